The number of methoxy groups -OCH3 is 1. The van der Waals surface area contributed by atoms with Gasteiger partial charge in [0, 0.05) is 17.6 Å². The number of carbonyl (C=O) groups excluding carboxylic acids is 2. The van der Waals surface area contributed by atoms with Crippen LogP contribution in [-0.2, 0) is 9.59 Å². The molecular weight excluding hydrogens is 358 g/mol. The molecule has 2 amide bonds. The molecule has 2 rings (SSSR count). The number of benzene rings is 1. The van der Waals surface area contributed by atoms with Gasteiger partial charge in [0.25, 0.3) is 0 Å². The van der Waals surface area contributed by atoms with Gasteiger partial charge in [0.05, 0.1) is 31.0 Å². The summed E-state index contributed by atoms with van der Waals surface area (Å²) in [4.78, 5) is 26.3. The van der Waals surface area contributed by atoms with Crippen LogP contribution in [0.25, 0.3) is 0 Å². The first-order chi connectivity index (χ1) is 12.2. The molecule has 140 valence electrons. The van der Waals surface area contributed by atoms with Gasteiger partial charge in [0.15, 0.2) is 0 Å². The van der Waals surface area contributed by atoms with Crippen LogP contribution in [0.2, 0.25) is 5.02 Å². The van der Waals surface area contributed by atoms with E-state index >= 15 is 0 Å². The number of aromatic nitrogens is 1. The van der Waals surface area contributed by atoms with Crippen LogP contribution in [0.1, 0.15) is 29.9 Å². The Kier molecular flexibility index (Phi) is 6.26. The van der Waals surface area contributed by atoms with Gasteiger partial charge in [-0.15, -0.1) is 0 Å². The molecule has 26 heavy (non-hydrogen) atoms. The summed E-state index contributed by atoms with van der Waals surface area (Å²) < 4.78 is 10.3. The van der Waals surface area contributed by atoms with E-state index in [1.54, 1.807) is 46.0 Å². The molecule has 1 unspecified atom stereocenters. The van der Waals surface area contributed by atoms with Crippen LogP contribution in [-0.4, -0.2) is 42.6 Å². The number of nitrogens with one attached hydrogen (secondary N) is 1. The molecule has 0 saturated carbocycles. The van der Waals surface area contributed by atoms with Crippen molar-refractivity contribution in [2.45, 2.75) is 26.7 Å². The predicted molar refractivity (Wildman–Crippen MR) is 98.7 cm³/mol. The fourth-order valence-electron chi connectivity index (χ4n) is 2.82. The molecule has 1 aromatic carbocycles. The summed E-state index contributed by atoms with van der Waals surface area (Å²) in [6, 6.07) is 4.91. The molecule has 0 aliphatic carbocycles. The lowest BCUT2D eigenvalue weighted by atomic mass is 9.98. The number of nitrogens with zero attached hydrogens (tertiary/aromatic N) is 2. The zero-order valence-corrected chi connectivity index (χ0v) is 16.2. The number of carbonyl (C=O) groups is 2. The second-order valence-corrected chi connectivity index (χ2v) is 6.48. The third-order valence-electron chi connectivity index (χ3n) is 4.08. The fourth-order valence-corrected chi connectivity index (χ4v) is 3.00. The van der Waals surface area contributed by atoms with E-state index in [1.807, 2.05) is 0 Å². The summed E-state index contributed by atoms with van der Waals surface area (Å²) in [6.45, 7) is 5.20. The van der Waals surface area contributed by atoms with E-state index in [4.69, 9.17) is 20.9 Å². The molecule has 2 aromatic rings. The van der Waals surface area contributed by atoms with Gasteiger partial charge in [-0.05, 0) is 39.0 Å². The molecule has 0 aliphatic heterocycles. The monoisotopic (exact) mass is 379 g/mol. The molecule has 1 atom stereocenters. The zero-order valence-electron chi connectivity index (χ0n) is 15.4. The molecule has 0 fully saturated rings. The van der Waals surface area contributed by atoms with E-state index in [1.165, 1.54) is 12.0 Å². The average molecular weight is 380 g/mol. The highest BCUT2D eigenvalue weighted by atomic mass is 35.5. The number of rotatable bonds is 6. The molecular formula is C18H22ClN3O4. The molecule has 0 aliphatic rings. The number of ether oxygens (including phenoxy) is 1. The Morgan fingerprint density at radius 3 is 2.65 bits per heavy atom. The van der Waals surface area contributed by atoms with Crippen LogP contribution in [0, 0.1) is 13.8 Å². The van der Waals surface area contributed by atoms with Crippen LogP contribution >= 0.6 is 11.6 Å². The van der Waals surface area contributed by atoms with Crippen molar-refractivity contribution in [3.05, 3.63) is 40.2 Å². The lowest BCUT2D eigenvalue weighted by Crippen LogP contribution is -2.37. The molecule has 8 heteroatoms. The van der Waals surface area contributed by atoms with Crippen LogP contribution in [0.15, 0.2) is 22.7 Å². The second kappa shape index (κ2) is 8.23. The third-order valence-corrected chi connectivity index (χ3v) is 4.32. The molecule has 1 heterocycles. The molecule has 0 spiro atoms. The summed E-state index contributed by atoms with van der Waals surface area (Å²) in [6.07, 6.45) is 0. The molecule has 7 nitrogen and oxygen atoms in total. The van der Waals surface area contributed by atoms with Crippen molar-refractivity contribution < 1.29 is 18.8 Å². The number of hydrogen-bond donors (Lipinski definition) is 1. The third kappa shape index (κ3) is 4.35. The van der Waals surface area contributed by atoms with Crippen LogP contribution in [0.4, 0.5) is 5.69 Å². The Bertz CT molecular complexity index is 799. The maximum atomic E-state index is 12.6. The minimum Gasteiger partial charge on any atom is -0.495 e. The second-order valence-electron chi connectivity index (χ2n) is 6.05. The highest BCUT2D eigenvalue weighted by Gasteiger charge is 2.26. The van der Waals surface area contributed by atoms with Gasteiger partial charge in [0.2, 0.25) is 11.8 Å². The maximum absolute atomic E-state index is 12.6. The number of halogens is 1. The van der Waals surface area contributed by atoms with E-state index in [9.17, 15) is 9.59 Å². The van der Waals surface area contributed by atoms with Crippen LogP contribution < -0.4 is 10.1 Å². The first kappa shape index (κ1) is 19.8. The van der Waals surface area contributed by atoms with Crippen molar-refractivity contribution in [3.8, 4) is 5.75 Å². The van der Waals surface area contributed by atoms with Crippen molar-refractivity contribution in [1.29, 1.82) is 0 Å². The SMILES string of the molecule is COc1ccc(Cl)cc1NC(=O)CN(C)C(=O)C(C)c1c(C)noc1C. The summed E-state index contributed by atoms with van der Waals surface area (Å²) in [7, 11) is 3.08. The van der Waals surface area contributed by atoms with E-state index in [2.05, 4.69) is 10.5 Å². The Labute approximate surface area is 157 Å². The minimum atomic E-state index is -0.459. The molecule has 0 radical (unpaired) electrons. The molecule has 0 bridgehead atoms. The van der Waals surface area contributed by atoms with Gasteiger partial charge in [-0.2, -0.15) is 0 Å². The molecule has 1 N–H and O–H groups in total. The van der Waals surface area contributed by atoms with Crippen molar-refractivity contribution in [3.63, 3.8) is 0 Å². The Morgan fingerprint density at radius 2 is 2.08 bits per heavy atom. The highest BCUT2D eigenvalue weighted by Crippen LogP contribution is 2.28. The first-order valence-electron chi connectivity index (χ1n) is 8.05. The number of hydrogen-bond acceptors (Lipinski definition) is 5. The predicted octanol–water partition coefficient (Wildman–Crippen LogP) is 3.15. The smallest absolute Gasteiger partial charge is 0.244 e. The van der Waals surface area contributed by atoms with E-state index in [-0.39, 0.29) is 18.4 Å². The summed E-state index contributed by atoms with van der Waals surface area (Å²) in [5, 5.41) is 7.05. The van der Waals surface area contributed by atoms with Gasteiger partial charge in [-0.25, -0.2) is 0 Å². The summed E-state index contributed by atoms with van der Waals surface area (Å²) >= 11 is 5.96. The minimum absolute atomic E-state index is 0.109. The molecule has 0 saturated heterocycles. The van der Waals surface area contributed by atoms with Gasteiger partial charge < -0.3 is 19.5 Å². The first-order valence-corrected chi connectivity index (χ1v) is 8.43. The lowest BCUT2D eigenvalue weighted by Gasteiger charge is -2.21. The zero-order chi connectivity index (χ0) is 19.4. The van der Waals surface area contributed by atoms with E-state index < -0.39 is 5.92 Å². The van der Waals surface area contributed by atoms with Gasteiger partial charge >= 0.3 is 0 Å². The van der Waals surface area contributed by atoms with Crippen molar-refractivity contribution in [2.75, 3.05) is 26.0 Å². The topological polar surface area (TPSA) is 84.7 Å². The average Bonchev–Trinajstić information content (AvgIpc) is 2.92. The van der Waals surface area contributed by atoms with E-state index in [0.29, 0.717) is 27.9 Å². The number of amides is 2. The number of anilines is 1. The van der Waals surface area contributed by atoms with Gasteiger partial charge in [-0.1, -0.05) is 16.8 Å². The largest absolute Gasteiger partial charge is 0.495 e. The molecule has 1 aromatic heterocycles. The Hall–Kier alpha value is -2.54. The fraction of sp³-hybridized carbons (Fsp3) is 0.389. The normalized spacial score (nSPS) is 11.8. The number of likely N-dealkylation sites (N-methyl/N-ethyl adjacent to an activating group) is 1. The van der Waals surface area contributed by atoms with E-state index in [0.717, 1.165) is 5.56 Å². The van der Waals surface area contributed by atoms with Crippen molar-refractivity contribution in [1.82, 2.24) is 10.1 Å². The van der Waals surface area contributed by atoms with Gasteiger partial charge in [-0.3, -0.25) is 9.59 Å². The highest BCUT2D eigenvalue weighted by molar-refractivity contribution is 6.31. The van der Waals surface area contributed by atoms with Crippen molar-refractivity contribution >= 4 is 29.1 Å². The summed E-state index contributed by atoms with van der Waals surface area (Å²) in [5.41, 5.74) is 1.87. The Balaban J connectivity index is 2.05. The van der Waals surface area contributed by atoms with Crippen LogP contribution in [0.5, 0.6) is 5.75 Å². The van der Waals surface area contributed by atoms with Crippen molar-refractivity contribution in [2.24, 2.45) is 0 Å². The standard InChI is InChI=1S/C18H22ClN3O4/c1-10(17-11(2)21-26-12(17)3)18(24)22(4)9-16(23)20-14-8-13(19)6-7-15(14)25-5/h6-8,10H,9H2,1-5H3,(H,20,23). The van der Waals surface area contributed by atoms with Gasteiger partial charge in [0.1, 0.15) is 11.5 Å². The number of aryl methyl sites for hydroxylation is 2. The lowest BCUT2D eigenvalue weighted by molar-refractivity contribution is -0.134. The summed E-state index contributed by atoms with van der Waals surface area (Å²) in [5.74, 6) is 0.0745. The van der Waals surface area contributed by atoms with Crippen LogP contribution in [0.3, 0.4) is 0 Å². The maximum Gasteiger partial charge on any atom is 0.244 e. The Morgan fingerprint density at radius 1 is 1.38 bits per heavy atom. The quantitative estimate of drug-likeness (QED) is 0.833.